The van der Waals surface area contributed by atoms with Crippen molar-refractivity contribution < 1.29 is 4.79 Å². The van der Waals surface area contributed by atoms with E-state index in [4.69, 9.17) is 0 Å². The van der Waals surface area contributed by atoms with Crippen molar-refractivity contribution in [2.24, 2.45) is 0 Å². The number of carbonyl (C=O) groups excluding carboxylic acids is 1. The number of nitrogens with zero attached hydrogens (tertiary/aromatic N) is 1. The predicted molar refractivity (Wildman–Crippen MR) is 66.9 cm³/mol. The average molecular weight is 230 g/mol. The highest BCUT2D eigenvalue weighted by atomic mass is 16.2. The van der Waals surface area contributed by atoms with Gasteiger partial charge in [0.15, 0.2) is 0 Å². The fourth-order valence-corrected chi connectivity index (χ4v) is 2.94. The minimum absolute atomic E-state index is 0.198. The molecule has 0 radical (unpaired) electrons. The fraction of sp³-hybridized carbons (Fsp3) is 0.500. The van der Waals surface area contributed by atoms with Crippen molar-refractivity contribution in [3.8, 4) is 0 Å². The molecule has 0 aliphatic carbocycles. The van der Waals surface area contributed by atoms with E-state index in [9.17, 15) is 4.79 Å². The van der Waals surface area contributed by atoms with Crippen LogP contribution in [-0.4, -0.2) is 36.0 Å². The highest BCUT2D eigenvalue weighted by molar-refractivity contribution is 5.94. The number of fused-ring (bicyclic) bond motifs is 4. The number of amides is 1. The van der Waals surface area contributed by atoms with Crippen molar-refractivity contribution in [1.82, 2.24) is 10.2 Å². The van der Waals surface area contributed by atoms with E-state index in [0.29, 0.717) is 12.1 Å². The molecule has 2 unspecified atom stereocenters. The Morgan fingerprint density at radius 2 is 2.00 bits per heavy atom. The third-order valence-electron chi connectivity index (χ3n) is 3.90. The lowest BCUT2D eigenvalue weighted by molar-refractivity contribution is 0.0607. The van der Waals surface area contributed by atoms with Gasteiger partial charge < -0.3 is 10.2 Å². The molecule has 2 atom stereocenters. The largest absolute Gasteiger partial charge is 0.334 e. The zero-order valence-corrected chi connectivity index (χ0v) is 9.93. The Kier molecular flexibility index (Phi) is 2.85. The van der Waals surface area contributed by atoms with Gasteiger partial charge in [0.2, 0.25) is 0 Å². The van der Waals surface area contributed by atoms with E-state index in [1.807, 2.05) is 30.3 Å². The maximum Gasteiger partial charge on any atom is 0.254 e. The Balaban J connectivity index is 1.82. The minimum atomic E-state index is 0.198. The highest BCUT2D eigenvalue weighted by Gasteiger charge is 2.34. The second kappa shape index (κ2) is 4.49. The molecule has 90 valence electrons. The first-order chi connectivity index (χ1) is 8.34. The highest BCUT2D eigenvalue weighted by Crippen LogP contribution is 2.24. The van der Waals surface area contributed by atoms with E-state index in [1.165, 1.54) is 6.42 Å². The summed E-state index contributed by atoms with van der Waals surface area (Å²) in [6, 6.07) is 10.6. The van der Waals surface area contributed by atoms with Gasteiger partial charge in [0.25, 0.3) is 5.91 Å². The van der Waals surface area contributed by atoms with Gasteiger partial charge in [-0.05, 0) is 37.9 Å². The Morgan fingerprint density at radius 1 is 1.18 bits per heavy atom. The Hall–Kier alpha value is -1.35. The number of hydrogen-bond acceptors (Lipinski definition) is 2. The summed E-state index contributed by atoms with van der Waals surface area (Å²) in [5.74, 6) is 0.198. The van der Waals surface area contributed by atoms with Crippen LogP contribution in [0.5, 0.6) is 0 Å². The molecule has 2 bridgehead atoms. The first-order valence-electron chi connectivity index (χ1n) is 6.44. The Morgan fingerprint density at radius 3 is 2.82 bits per heavy atom. The van der Waals surface area contributed by atoms with Crippen LogP contribution >= 0.6 is 0 Å². The second-order valence-electron chi connectivity index (χ2n) is 4.99. The van der Waals surface area contributed by atoms with Crippen LogP contribution in [0.15, 0.2) is 30.3 Å². The summed E-state index contributed by atoms with van der Waals surface area (Å²) in [4.78, 5) is 14.5. The standard InChI is InChI=1S/C14H18N2O/c17-14(11-4-2-1-3-5-11)16-10-12-6-7-13(16)8-9-15-12/h1-5,12-13,15H,6-10H2. The van der Waals surface area contributed by atoms with Gasteiger partial charge >= 0.3 is 0 Å². The number of carbonyl (C=O) groups is 1. The van der Waals surface area contributed by atoms with E-state index < -0.39 is 0 Å². The molecule has 1 aromatic carbocycles. The van der Waals surface area contributed by atoms with Crippen molar-refractivity contribution in [3.05, 3.63) is 35.9 Å². The molecule has 0 spiro atoms. The Labute approximate surface area is 102 Å². The minimum Gasteiger partial charge on any atom is -0.334 e. The van der Waals surface area contributed by atoms with E-state index in [2.05, 4.69) is 10.2 Å². The van der Waals surface area contributed by atoms with Crippen molar-refractivity contribution >= 4 is 5.91 Å². The molecule has 4 rings (SSSR count). The normalized spacial score (nSPS) is 27.9. The van der Waals surface area contributed by atoms with Crippen LogP contribution in [0.2, 0.25) is 0 Å². The molecular weight excluding hydrogens is 212 g/mol. The van der Waals surface area contributed by atoms with E-state index in [0.717, 1.165) is 31.5 Å². The summed E-state index contributed by atoms with van der Waals surface area (Å²) in [5.41, 5.74) is 0.819. The maximum atomic E-state index is 12.4. The van der Waals surface area contributed by atoms with Crippen molar-refractivity contribution in [2.75, 3.05) is 13.1 Å². The molecule has 1 aromatic rings. The average Bonchev–Trinajstić information content (AvgIpc) is 2.74. The van der Waals surface area contributed by atoms with E-state index >= 15 is 0 Å². The molecule has 0 saturated carbocycles. The number of hydrogen-bond donors (Lipinski definition) is 1. The number of rotatable bonds is 1. The molecule has 17 heavy (non-hydrogen) atoms. The molecular formula is C14H18N2O. The van der Waals surface area contributed by atoms with Crippen LogP contribution < -0.4 is 5.32 Å². The van der Waals surface area contributed by atoms with Gasteiger partial charge in [-0.25, -0.2) is 0 Å². The third kappa shape index (κ3) is 2.07. The zero-order chi connectivity index (χ0) is 11.7. The maximum absolute atomic E-state index is 12.4. The van der Waals surface area contributed by atoms with Crippen LogP contribution in [0.4, 0.5) is 0 Å². The molecule has 3 heteroatoms. The van der Waals surface area contributed by atoms with Gasteiger partial charge in [0.05, 0.1) is 0 Å². The first-order valence-corrected chi connectivity index (χ1v) is 6.44. The van der Waals surface area contributed by atoms with E-state index in [1.54, 1.807) is 0 Å². The number of benzene rings is 1. The van der Waals surface area contributed by atoms with Gasteiger partial charge in [0, 0.05) is 24.2 Å². The van der Waals surface area contributed by atoms with Gasteiger partial charge in [0.1, 0.15) is 0 Å². The molecule has 3 aliphatic rings. The van der Waals surface area contributed by atoms with Gasteiger partial charge in [-0.3, -0.25) is 4.79 Å². The molecule has 1 N–H and O–H groups in total. The van der Waals surface area contributed by atoms with Gasteiger partial charge in [-0.2, -0.15) is 0 Å². The smallest absolute Gasteiger partial charge is 0.254 e. The Bertz CT molecular complexity index is 400. The zero-order valence-electron chi connectivity index (χ0n) is 9.93. The molecule has 3 heterocycles. The monoisotopic (exact) mass is 230 g/mol. The summed E-state index contributed by atoms with van der Waals surface area (Å²) < 4.78 is 0. The first kappa shape index (κ1) is 10.8. The summed E-state index contributed by atoms with van der Waals surface area (Å²) in [6.07, 6.45) is 3.45. The quantitative estimate of drug-likeness (QED) is 0.795. The third-order valence-corrected chi connectivity index (χ3v) is 3.90. The van der Waals surface area contributed by atoms with Crippen LogP contribution in [0, 0.1) is 0 Å². The molecule has 3 saturated heterocycles. The predicted octanol–water partition coefficient (Wildman–Crippen LogP) is 1.65. The van der Waals surface area contributed by atoms with Crippen LogP contribution in [-0.2, 0) is 0 Å². The lowest BCUT2D eigenvalue weighted by atomic mass is 9.98. The molecule has 3 aliphatic heterocycles. The van der Waals surface area contributed by atoms with Crippen LogP contribution in [0.3, 0.4) is 0 Å². The number of nitrogens with one attached hydrogen (secondary N) is 1. The number of piperidine rings is 1. The molecule has 3 fully saturated rings. The van der Waals surface area contributed by atoms with Crippen LogP contribution in [0.25, 0.3) is 0 Å². The molecule has 0 aromatic heterocycles. The summed E-state index contributed by atoms with van der Waals surface area (Å²) in [6.45, 7) is 1.92. The molecule has 3 nitrogen and oxygen atoms in total. The van der Waals surface area contributed by atoms with Gasteiger partial charge in [-0.1, -0.05) is 18.2 Å². The van der Waals surface area contributed by atoms with E-state index in [-0.39, 0.29) is 5.91 Å². The van der Waals surface area contributed by atoms with Crippen molar-refractivity contribution in [3.63, 3.8) is 0 Å². The van der Waals surface area contributed by atoms with Crippen LogP contribution in [0.1, 0.15) is 29.6 Å². The van der Waals surface area contributed by atoms with Crippen molar-refractivity contribution in [1.29, 1.82) is 0 Å². The summed E-state index contributed by atoms with van der Waals surface area (Å²) >= 11 is 0. The summed E-state index contributed by atoms with van der Waals surface area (Å²) in [7, 11) is 0. The molecule has 1 amide bonds. The fourth-order valence-electron chi connectivity index (χ4n) is 2.94. The lowest BCUT2D eigenvalue weighted by Crippen LogP contribution is -2.48. The SMILES string of the molecule is O=C(c1ccccc1)N1CC2CCC1CCN2. The lowest BCUT2D eigenvalue weighted by Gasteiger charge is -2.36. The van der Waals surface area contributed by atoms with Crippen molar-refractivity contribution in [2.45, 2.75) is 31.3 Å². The van der Waals surface area contributed by atoms with Gasteiger partial charge in [-0.15, -0.1) is 0 Å². The second-order valence-corrected chi connectivity index (χ2v) is 4.99. The summed E-state index contributed by atoms with van der Waals surface area (Å²) in [5, 5.41) is 3.52. The topological polar surface area (TPSA) is 32.3 Å².